The number of carbonyl (C=O) groups excluding carboxylic acids is 1. The number of nitrogens with one attached hydrogen (secondary N) is 1. The fourth-order valence-electron chi connectivity index (χ4n) is 3.43. The third kappa shape index (κ3) is 4.59. The zero-order valence-corrected chi connectivity index (χ0v) is 16.1. The summed E-state index contributed by atoms with van der Waals surface area (Å²) in [5, 5.41) is 6.82. The SMILES string of the molecule is CCC1(CC)C(=O)NC1O/N=C/c1ccc(OCCN2CCOCC2)cc1. The Hall–Kier alpha value is -2.12. The first kappa shape index (κ1) is 19.6. The largest absolute Gasteiger partial charge is 0.492 e. The average molecular weight is 375 g/mol. The van der Waals surface area contributed by atoms with E-state index in [4.69, 9.17) is 14.3 Å². The molecule has 0 spiro atoms. The summed E-state index contributed by atoms with van der Waals surface area (Å²) in [6.45, 7) is 9.12. The molecule has 148 valence electrons. The smallest absolute Gasteiger partial charge is 0.234 e. The van der Waals surface area contributed by atoms with Crippen LogP contribution in [0.25, 0.3) is 0 Å². The molecule has 2 aliphatic rings. The van der Waals surface area contributed by atoms with Gasteiger partial charge in [0.05, 0.1) is 19.4 Å². The van der Waals surface area contributed by atoms with Crippen molar-refractivity contribution in [3.8, 4) is 5.75 Å². The Bertz CT molecular complexity index is 637. The molecule has 2 fully saturated rings. The number of β-lactam (4-membered cyclic amide) rings is 1. The first-order valence-electron chi connectivity index (χ1n) is 9.71. The molecule has 0 radical (unpaired) electrons. The predicted octanol–water partition coefficient (Wildman–Crippen LogP) is 2.01. The maximum Gasteiger partial charge on any atom is 0.234 e. The molecule has 1 amide bonds. The van der Waals surface area contributed by atoms with E-state index in [0.29, 0.717) is 6.61 Å². The van der Waals surface area contributed by atoms with Crippen LogP contribution in [-0.2, 0) is 14.4 Å². The van der Waals surface area contributed by atoms with Gasteiger partial charge in [-0.2, -0.15) is 0 Å². The number of nitrogens with zero attached hydrogens (tertiary/aromatic N) is 2. The lowest BCUT2D eigenvalue weighted by molar-refractivity contribution is -0.175. The summed E-state index contributed by atoms with van der Waals surface area (Å²) < 4.78 is 11.1. The fraction of sp³-hybridized carbons (Fsp3) is 0.600. The molecule has 1 N–H and O–H groups in total. The molecular weight excluding hydrogens is 346 g/mol. The first-order valence-corrected chi connectivity index (χ1v) is 9.71. The van der Waals surface area contributed by atoms with Crippen molar-refractivity contribution < 1.29 is 19.1 Å². The highest BCUT2D eigenvalue weighted by Crippen LogP contribution is 2.38. The molecule has 0 saturated carbocycles. The van der Waals surface area contributed by atoms with E-state index in [0.717, 1.165) is 57.0 Å². The number of amides is 1. The van der Waals surface area contributed by atoms with Gasteiger partial charge in [-0.1, -0.05) is 19.0 Å². The quantitative estimate of drug-likeness (QED) is 0.406. The molecule has 0 bridgehead atoms. The zero-order valence-electron chi connectivity index (χ0n) is 16.1. The number of hydrogen-bond acceptors (Lipinski definition) is 6. The van der Waals surface area contributed by atoms with Gasteiger partial charge in [-0.25, -0.2) is 0 Å². The molecule has 1 unspecified atom stereocenters. The van der Waals surface area contributed by atoms with Gasteiger partial charge in [0.1, 0.15) is 17.8 Å². The van der Waals surface area contributed by atoms with E-state index in [1.165, 1.54) is 0 Å². The number of morpholine rings is 1. The van der Waals surface area contributed by atoms with E-state index in [9.17, 15) is 4.79 Å². The highest BCUT2D eigenvalue weighted by atomic mass is 16.7. The van der Waals surface area contributed by atoms with Gasteiger partial charge in [0, 0.05) is 19.6 Å². The van der Waals surface area contributed by atoms with Gasteiger partial charge in [0.2, 0.25) is 12.1 Å². The average Bonchev–Trinajstić information content (AvgIpc) is 2.70. The van der Waals surface area contributed by atoms with Gasteiger partial charge < -0.3 is 19.6 Å². The van der Waals surface area contributed by atoms with Crippen molar-refractivity contribution in [1.82, 2.24) is 10.2 Å². The second kappa shape index (κ2) is 9.19. The van der Waals surface area contributed by atoms with Gasteiger partial charge in [-0.05, 0) is 42.7 Å². The van der Waals surface area contributed by atoms with Crippen LogP contribution in [0, 0.1) is 5.41 Å². The van der Waals surface area contributed by atoms with Crippen molar-refractivity contribution >= 4 is 12.1 Å². The van der Waals surface area contributed by atoms with Gasteiger partial charge in [0.25, 0.3) is 0 Å². The molecule has 2 saturated heterocycles. The second-order valence-electron chi connectivity index (χ2n) is 6.93. The lowest BCUT2D eigenvalue weighted by Crippen LogP contribution is -2.67. The maximum atomic E-state index is 11.8. The van der Waals surface area contributed by atoms with Gasteiger partial charge in [-0.15, -0.1) is 0 Å². The number of hydrogen-bond donors (Lipinski definition) is 1. The summed E-state index contributed by atoms with van der Waals surface area (Å²) in [5.74, 6) is 0.884. The van der Waals surface area contributed by atoms with E-state index in [-0.39, 0.29) is 12.1 Å². The van der Waals surface area contributed by atoms with Gasteiger partial charge in [-0.3, -0.25) is 9.69 Å². The normalized spacial score (nSPS) is 22.3. The lowest BCUT2D eigenvalue weighted by Gasteiger charge is -2.45. The molecule has 7 heteroatoms. The Morgan fingerprint density at radius 2 is 1.96 bits per heavy atom. The van der Waals surface area contributed by atoms with Crippen LogP contribution in [-0.4, -0.2) is 62.7 Å². The monoisotopic (exact) mass is 375 g/mol. The summed E-state index contributed by atoms with van der Waals surface area (Å²) in [4.78, 5) is 19.7. The summed E-state index contributed by atoms with van der Waals surface area (Å²) in [7, 11) is 0. The highest BCUT2D eigenvalue weighted by molar-refractivity contribution is 5.89. The molecule has 7 nitrogen and oxygen atoms in total. The van der Waals surface area contributed by atoms with Crippen LogP contribution in [0.3, 0.4) is 0 Å². The molecule has 2 heterocycles. The summed E-state index contributed by atoms with van der Waals surface area (Å²) in [5.41, 5.74) is 0.468. The number of rotatable bonds is 9. The van der Waals surface area contributed by atoms with E-state index >= 15 is 0 Å². The van der Waals surface area contributed by atoms with Crippen molar-refractivity contribution in [3.63, 3.8) is 0 Å². The third-order valence-corrected chi connectivity index (χ3v) is 5.51. The molecule has 1 aromatic rings. The minimum atomic E-state index is -0.449. The standard InChI is InChI=1S/C20H29N3O4/c1-3-20(4-2)18(24)22-19(20)27-21-15-16-5-7-17(8-6-16)26-14-11-23-9-12-25-13-10-23/h5-8,15,19H,3-4,9-14H2,1-2H3,(H,22,24)/b21-15+. The second-order valence-corrected chi connectivity index (χ2v) is 6.93. The van der Waals surface area contributed by atoms with Crippen molar-refractivity contribution in [2.75, 3.05) is 39.5 Å². The van der Waals surface area contributed by atoms with Crippen LogP contribution >= 0.6 is 0 Å². The van der Waals surface area contributed by atoms with Crippen LogP contribution < -0.4 is 10.1 Å². The lowest BCUT2D eigenvalue weighted by atomic mass is 9.74. The van der Waals surface area contributed by atoms with Crippen LogP contribution in [0.2, 0.25) is 0 Å². The Morgan fingerprint density at radius 3 is 2.59 bits per heavy atom. The number of benzene rings is 1. The first-order chi connectivity index (χ1) is 13.2. The van der Waals surface area contributed by atoms with E-state index in [1.807, 2.05) is 38.1 Å². The van der Waals surface area contributed by atoms with Crippen molar-refractivity contribution in [3.05, 3.63) is 29.8 Å². The predicted molar refractivity (Wildman–Crippen MR) is 103 cm³/mol. The Balaban J connectivity index is 1.42. The summed E-state index contributed by atoms with van der Waals surface area (Å²) >= 11 is 0. The molecule has 1 atom stereocenters. The highest BCUT2D eigenvalue weighted by Gasteiger charge is 2.54. The van der Waals surface area contributed by atoms with Crippen LogP contribution in [0.4, 0.5) is 0 Å². The molecule has 3 rings (SSSR count). The fourth-order valence-corrected chi connectivity index (χ4v) is 3.43. The molecule has 1 aromatic carbocycles. The van der Waals surface area contributed by atoms with Gasteiger partial charge >= 0.3 is 0 Å². The van der Waals surface area contributed by atoms with Crippen molar-refractivity contribution in [1.29, 1.82) is 0 Å². The van der Waals surface area contributed by atoms with Crippen molar-refractivity contribution in [2.45, 2.75) is 32.9 Å². The zero-order chi connectivity index (χ0) is 19.1. The Morgan fingerprint density at radius 1 is 1.26 bits per heavy atom. The van der Waals surface area contributed by atoms with Gasteiger partial charge in [0.15, 0.2) is 0 Å². The van der Waals surface area contributed by atoms with Crippen LogP contribution in [0.15, 0.2) is 29.4 Å². The van der Waals surface area contributed by atoms with E-state index in [1.54, 1.807) is 6.21 Å². The molecule has 27 heavy (non-hydrogen) atoms. The minimum absolute atomic E-state index is 0.0475. The molecule has 0 aliphatic carbocycles. The molecule has 0 aromatic heterocycles. The Labute approximate surface area is 160 Å². The molecule has 2 aliphatic heterocycles. The van der Waals surface area contributed by atoms with E-state index < -0.39 is 5.41 Å². The maximum absolute atomic E-state index is 11.8. The van der Waals surface area contributed by atoms with Crippen LogP contribution in [0.5, 0.6) is 5.75 Å². The van der Waals surface area contributed by atoms with Crippen LogP contribution in [0.1, 0.15) is 32.3 Å². The summed E-state index contributed by atoms with van der Waals surface area (Å²) in [6, 6.07) is 7.72. The topological polar surface area (TPSA) is 72.4 Å². The number of carbonyl (C=O) groups is 1. The summed E-state index contributed by atoms with van der Waals surface area (Å²) in [6.07, 6.45) is 2.79. The number of ether oxygens (including phenoxy) is 2. The van der Waals surface area contributed by atoms with Crippen molar-refractivity contribution in [2.24, 2.45) is 10.6 Å². The van der Waals surface area contributed by atoms with E-state index in [2.05, 4.69) is 15.4 Å². The molecular formula is C20H29N3O4. The third-order valence-electron chi connectivity index (χ3n) is 5.51. The Kier molecular flexibility index (Phi) is 6.68. The number of oxime groups is 1. The minimum Gasteiger partial charge on any atom is -0.492 e.